The highest BCUT2D eigenvalue weighted by molar-refractivity contribution is 5.87. The Bertz CT molecular complexity index is 1440. The van der Waals surface area contributed by atoms with Crippen molar-refractivity contribution in [1.82, 2.24) is 0 Å². The maximum Gasteiger partial charge on any atom is 0.417 e. The van der Waals surface area contributed by atoms with Crippen LogP contribution in [0.3, 0.4) is 0 Å². The van der Waals surface area contributed by atoms with Crippen LogP contribution in [0.15, 0.2) is 63.8 Å². The van der Waals surface area contributed by atoms with Crippen LogP contribution in [0.4, 0.5) is 17.6 Å². The van der Waals surface area contributed by atoms with Gasteiger partial charge in [0, 0.05) is 22.6 Å². The van der Waals surface area contributed by atoms with Crippen LogP contribution in [-0.4, -0.2) is 32.0 Å². The molecule has 1 aliphatic carbocycles. The first-order valence-corrected chi connectivity index (χ1v) is 11.8. The number of halogens is 4. The van der Waals surface area contributed by atoms with E-state index in [1.807, 2.05) is 0 Å². The molecule has 0 aliphatic heterocycles. The molecule has 3 atom stereocenters. The van der Waals surface area contributed by atoms with Gasteiger partial charge in [0.25, 0.3) is 0 Å². The standard InChI is InChI=1S/C28H26F4O6/c1-15(2)25(33)38-24-10-9-23(27(24,3)14-29)36-18-6-5-16-11-20(26(34)37-22(16)13-18)19-8-7-17(35-4)12-21(19)28(30,31)32/h5-8,11-13,23-24H,1,9-10,14H2,2-4H3. The molecule has 1 aromatic heterocycles. The van der Waals surface area contributed by atoms with E-state index in [9.17, 15) is 27.2 Å². The van der Waals surface area contributed by atoms with Crippen molar-refractivity contribution in [3.05, 3.63) is 70.6 Å². The van der Waals surface area contributed by atoms with E-state index in [4.69, 9.17) is 18.6 Å². The van der Waals surface area contributed by atoms with E-state index < -0.39 is 47.6 Å². The van der Waals surface area contributed by atoms with Crippen molar-refractivity contribution < 1.29 is 41.0 Å². The number of methoxy groups -OCH3 is 1. The van der Waals surface area contributed by atoms with Gasteiger partial charge >= 0.3 is 17.8 Å². The predicted molar refractivity (Wildman–Crippen MR) is 132 cm³/mol. The van der Waals surface area contributed by atoms with Crippen LogP contribution >= 0.6 is 0 Å². The van der Waals surface area contributed by atoms with Crippen LogP contribution in [0.5, 0.6) is 11.5 Å². The number of rotatable bonds is 7. The topological polar surface area (TPSA) is 75.0 Å². The smallest absolute Gasteiger partial charge is 0.417 e. The van der Waals surface area contributed by atoms with Crippen LogP contribution in [0.1, 0.15) is 32.3 Å². The van der Waals surface area contributed by atoms with Gasteiger partial charge in [-0.1, -0.05) is 6.58 Å². The van der Waals surface area contributed by atoms with E-state index in [0.717, 1.165) is 12.1 Å². The lowest BCUT2D eigenvalue weighted by molar-refractivity contribution is -0.151. The number of hydrogen-bond acceptors (Lipinski definition) is 6. The number of alkyl halides is 4. The molecular weight excluding hydrogens is 508 g/mol. The van der Waals surface area contributed by atoms with E-state index in [-0.39, 0.29) is 33.8 Å². The normalized spacial score (nSPS) is 21.3. The Morgan fingerprint density at radius 2 is 1.76 bits per heavy atom. The van der Waals surface area contributed by atoms with Crippen LogP contribution in [0.2, 0.25) is 0 Å². The number of benzene rings is 2. The first kappa shape index (κ1) is 27.2. The molecule has 0 amide bonds. The summed E-state index contributed by atoms with van der Waals surface area (Å²) < 4.78 is 77.0. The molecule has 38 heavy (non-hydrogen) atoms. The van der Waals surface area contributed by atoms with Gasteiger partial charge in [-0.05, 0) is 63.1 Å². The van der Waals surface area contributed by atoms with E-state index in [0.29, 0.717) is 18.2 Å². The lowest BCUT2D eigenvalue weighted by atomic mass is 9.85. The molecule has 2 aromatic carbocycles. The minimum absolute atomic E-state index is 0.00290. The third-order valence-corrected chi connectivity index (χ3v) is 6.86. The van der Waals surface area contributed by atoms with Gasteiger partial charge in [0.2, 0.25) is 0 Å². The van der Waals surface area contributed by atoms with Crippen LogP contribution in [-0.2, 0) is 15.7 Å². The second-order valence-electron chi connectivity index (χ2n) is 9.55. The first-order chi connectivity index (χ1) is 17.9. The summed E-state index contributed by atoms with van der Waals surface area (Å²) in [6.07, 6.45) is -5.29. The summed E-state index contributed by atoms with van der Waals surface area (Å²) in [6, 6.07) is 9.13. The predicted octanol–water partition coefficient (Wildman–Crippen LogP) is 6.49. The van der Waals surface area contributed by atoms with Gasteiger partial charge in [0.15, 0.2) is 0 Å². The van der Waals surface area contributed by atoms with E-state index in [1.165, 1.54) is 38.3 Å². The molecule has 202 valence electrons. The van der Waals surface area contributed by atoms with Crippen LogP contribution in [0, 0.1) is 5.41 Å². The zero-order valence-electron chi connectivity index (χ0n) is 21.0. The van der Waals surface area contributed by atoms with Crippen molar-refractivity contribution in [3.8, 4) is 22.6 Å². The van der Waals surface area contributed by atoms with Gasteiger partial charge in [-0.2, -0.15) is 13.2 Å². The van der Waals surface area contributed by atoms with Crippen LogP contribution < -0.4 is 15.1 Å². The first-order valence-electron chi connectivity index (χ1n) is 11.8. The van der Waals surface area contributed by atoms with Crippen molar-refractivity contribution in [3.63, 3.8) is 0 Å². The molecule has 1 fully saturated rings. The van der Waals surface area contributed by atoms with Crippen molar-refractivity contribution >= 4 is 16.9 Å². The monoisotopic (exact) mass is 534 g/mol. The van der Waals surface area contributed by atoms with Gasteiger partial charge in [0.1, 0.15) is 36.0 Å². The summed E-state index contributed by atoms with van der Waals surface area (Å²) in [4.78, 5) is 24.8. The molecule has 1 heterocycles. The molecule has 0 bridgehead atoms. The minimum Gasteiger partial charge on any atom is -0.497 e. The van der Waals surface area contributed by atoms with Gasteiger partial charge < -0.3 is 18.6 Å². The van der Waals surface area contributed by atoms with Crippen molar-refractivity contribution in [2.75, 3.05) is 13.8 Å². The lowest BCUT2D eigenvalue weighted by Crippen LogP contribution is -2.43. The zero-order chi connectivity index (χ0) is 27.8. The lowest BCUT2D eigenvalue weighted by Gasteiger charge is -2.33. The average molecular weight is 535 g/mol. The molecule has 6 nitrogen and oxygen atoms in total. The zero-order valence-corrected chi connectivity index (χ0v) is 21.0. The summed E-state index contributed by atoms with van der Waals surface area (Å²) >= 11 is 0. The second kappa shape index (κ2) is 10.2. The Hall–Kier alpha value is -3.82. The number of fused-ring (bicyclic) bond motifs is 1. The van der Waals surface area contributed by atoms with Gasteiger partial charge in [-0.15, -0.1) is 0 Å². The highest BCUT2D eigenvalue weighted by Gasteiger charge is 2.51. The number of esters is 1. The largest absolute Gasteiger partial charge is 0.497 e. The Morgan fingerprint density at radius 1 is 1.08 bits per heavy atom. The molecule has 3 unspecified atom stereocenters. The van der Waals surface area contributed by atoms with Crippen molar-refractivity contribution in [2.24, 2.45) is 5.41 Å². The maximum atomic E-state index is 14.2. The fourth-order valence-electron chi connectivity index (χ4n) is 4.60. The number of carbonyl (C=O) groups excluding carboxylic acids is 1. The Balaban J connectivity index is 1.65. The van der Waals surface area contributed by atoms with Crippen molar-refractivity contribution in [1.29, 1.82) is 0 Å². The summed E-state index contributed by atoms with van der Waals surface area (Å²) in [7, 11) is 1.25. The van der Waals surface area contributed by atoms with Gasteiger partial charge in [0.05, 0.1) is 23.7 Å². The fourth-order valence-corrected chi connectivity index (χ4v) is 4.60. The highest BCUT2D eigenvalue weighted by atomic mass is 19.4. The van der Waals surface area contributed by atoms with E-state index in [2.05, 4.69) is 6.58 Å². The molecule has 3 aromatic rings. The maximum absolute atomic E-state index is 14.2. The average Bonchev–Trinajstić information content (AvgIpc) is 3.17. The summed E-state index contributed by atoms with van der Waals surface area (Å²) in [6.45, 7) is 5.87. The van der Waals surface area contributed by atoms with Gasteiger partial charge in [-0.3, -0.25) is 4.39 Å². The van der Waals surface area contributed by atoms with Gasteiger partial charge in [-0.25, -0.2) is 9.59 Å². The Morgan fingerprint density at radius 3 is 2.39 bits per heavy atom. The molecule has 1 saturated carbocycles. The Labute approximate surface area is 215 Å². The third kappa shape index (κ3) is 5.12. The van der Waals surface area contributed by atoms with E-state index in [1.54, 1.807) is 13.0 Å². The summed E-state index contributed by atoms with van der Waals surface area (Å²) in [5, 5.41) is 0.365. The molecule has 10 heteroatoms. The van der Waals surface area contributed by atoms with Crippen LogP contribution in [0.25, 0.3) is 22.1 Å². The molecule has 0 N–H and O–H groups in total. The Kier molecular flexibility index (Phi) is 7.27. The quantitative estimate of drug-likeness (QED) is 0.149. The number of ether oxygens (including phenoxy) is 3. The summed E-state index contributed by atoms with van der Waals surface area (Å²) in [5.41, 5.74) is -3.42. The second-order valence-corrected chi connectivity index (χ2v) is 9.55. The molecule has 0 saturated heterocycles. The molecule has 0 radical (unpaired) electrons. The fraction of sp³-hybridized carbons (Fsp3) is 0.357. The molecule has 0 spiro atoms. The minimum atomic E-state index is -4.73. The highest BCUT2D eigenvalue weighted by Crippen LogP contribution is 2.44. The number of hydrogen-bond donors (Lipinski definition) is 0. The molecule has 4 rings (SSSR count). The molecule has 1 aliphatic rings. The third-order valence-electron chi connectivity index (χ3n) is 6.86. The summed E-state index contributed by atoms with van der Waals surface area (Å²) in [5.74, 6) is -0.341. The van der Waals surface area contributed by atoms with E-state index >= 15 is 0 Å². The van der Waals surface area contributed by atoms with Crippen molar-refractivity contribution in [2.45, 2.75) is 45.1 Å². The molecular formula is C28H26F4O6. The number of carbonyl (C=O) groups is 1. The SMILES string of the molecule is C=C(C)C(=O)OC1CCC(Oc2ccc3cc(-c4ccc(OC)cc4C(F)(F)F)c(=O)oc3c2)C1(C)CF.